The van der Waals surface area contributed by atoms with E-state index in [0.717, 1.165) is 55.4 Å². The van der Waals surface area contributed by atoms with E-state index in [1.165, 1.54) is 0 Å². The average molecular weight is 315 g/mol. The fourth-order valence-corrected chi connectivity index (χ4v) is 3.84. The number of aromatic nitrogens is 1. The van der Waals surface area contributed by atoms with Crippen molar-refractivity contribution in [3.05, 3.63) is 76.9 Å². The van der Waals surface area contributed by atoms with Crippen LogP contribution in [0, 0.1) is 0 Å². The average Bonchev–Trinajstić information content (AvgIpc) is 2.92. The summed E-state index contributed by atoms with van der Waals surface area (Å²) < 4.78 is 0. The molecule has 3 heteroatoms. The Kier molecular flexibility index (Phi) is 2.53. The summed E-state index contributed by atoms with van der Waals surface area (Å²) in [5.41, 5.74) is 5.82. The van der Waals surface area contributed by atoms with E-state index < -0.39 is 0 Å². The molecule has 0 amide bonds. The van der Waals surface area contributed by atoms with Gasteiger partial charge in [-0.15, -0.1) is 12.6 Å². The molecule has 0 aliphatic heterocycles. The highest BCUT2D eigenvalue weighted by atomic mass is 32.1. The zero-order chi connectivity index (χ0) is 15.6. The molecule has 5 rings (SSSR count). The smallest absolute Gasteiger partial charge is 0.195 e. The second-order valence-electron chi connectivity index (χ2n) is 6.04. The van der Waals surface area contributed by atoms with Gasteiger partial charge in [0.1, 0.15) is 0 Å². The maximum Gasteiger partial charge on any atom is 0.195 e. The van der Waals surface area contributed by atoms with Gasteiger partial charge in [-0.25, -0.2) is 0 Å². The number of aromatic amines is 1. The molecule has 0 atom stereocenters. The Labute approximate surface area is 138 Å². The molecule has 1 aliphatic rings. The predicted octanol–water partition coefficient (Wildman–Crippen LogP) is 4.75. The molecule has 1 aromatic heterocycles. The summed E-state index contributed by atoms with van der Waals surface area (Å²) in [5.74, 6) is 0.116. The van der Waals surface area contributed by atoms with Crippen LogP contribution in [0.4, 0.5) is 0 Å². The number of nitrogens with one attached hydrogen (secondary N) is 1. The SMILES string of the molecule is O=C1c2ccccc2Cc2ccc3c([nH]c4ccc(S)cc43)c21. The summed E-state index contributed by atoms with van der Waals surface area (Å²) in [6, 6.07) is 18.1. The van der Waals surface area contributed by atoms with Crippen molar-refractivity contribution in [1.82, 2.24) is 4.98 Å². The molecule has 0 fully saturated rings. The third-order valence-corrected chi connectivity index (χ3v) is 4.99. The number of thiol groups is 1. The van der Waals surface area contributed by atoms with Gasteiger partial charge >= 0.3 is 0 Å². The van der Waals surface area contributed by atoms with Crippen LogP contribution in [0.15, 0.2) is 59.5 Å². The van der Waals surface area contributed by atoms with Crippen LogP contribution in [0.2, 0.25) is 0 Å². The summed E-state index contributed by atoms with van der Waals surface area (Å²) in [4.78, 5) is 17.4. The molecule has 0 radical (unpaired) electrons. The van der Waals surface area contributed by atoms with Crippen LogP contribution < -0.4 is 0 Å². The monoisotopic (exact) mass is 315 g/mol. The number of benzene rings is 3. The van der Waals surface area contributed by atoms with Gasteiger partial charge in [0.15, 0.2) is 5.78 Å². The molecule has 3 aromatic carbocycles. The van der Waals surface area contributed by atoms with Gasteiger partial charge < -0.3 is 4.98 Å². The molecule has 4 aromatic rings. The summed E-state index contributed by atoms with van der Waals surface area (Å²) in [7, 11) is 0. The van der Waals surface area contributed by atoms with Crippen molar-refractivity contribution in [2.45, 2.75) is 11.3 Å². The Morgan fingerprint density at radius 3 is 2.70 bits per heavy atom. The molecule has 1 heterocycles. The first-order chi connectivity index (χ1) is 11.2. The van der Waals surface area contributed by atoms with Crippen LogP contribution in [-0.4, -0.2) is 10.8 Å². The highest BCUT2D eigenvalue weighted by molar-refractivity contribution is 7.80. The van der Waals surface area contributed by atoms with Crippen molar-refractivity contribution in [1.29, 1.82) is 0 Å². The van der Waals surface area contributed by atoms with Gasteiger partial charge in [0.2, 0.25) is 0 Å². The van der Waals surface area contributed by atoms with E-state index in [9.17, 15) is 4.79 Å². The Balaban J connectivity index is 1.88. The molecule has 1 N–H and O–H groups in total. The van der Waals surface area contributed by atoms with Gasteiger partial charge in [0.25, 0.3) is 0 Å². The van der Waals surface area contributed by atoms with Gasteiger partial charge in [-0.3, -0.25) is 4.79 Å². The van der Waals surface area contributed by atoms with E-state index in [4.69, 9.17) is 0 Å². The molecule has 2 nitrogen and oxygen atoms in total. The lowest BCUT2D eigenvalue weighted by Gasteiger charge is -2.18. The third-order valence-electron chi connectivity index (χ3n) is 4.71. The quantitative estimate of drug-likeness (QED) is 0.397. The van der Waals surface area contributed by atoms with Crippen molar-refractivity contribution in [3.63, 3.8) is 0 Å². The van der Waals surface area contributed by atoms with Crippen LogP contribution in [0.5, 0.6) is 0 Å². The number of H-pyrrole nitrogens is 1. The molecule has 0 spiro atoms. The lowest BCUT2D eigenvalue weighted by molar-refractivity contribution is 0.103. The van der Waals surface area contributed by atoms with Crippen molar-refractivity contribution >= 4 is 40.2 Å². The van der Waals surface area contributed by atoms with Gasteiger partial charge in [-0.2, -0.15) is 0 Å². The lowest BCUT2D eigenvalue weighted by atomic mass is 9.84. The van der Waals surface area contributed by atoms with E-state index in [0.29, 0.717) is 0 Å². The van der Waals surface area contributed by atoms with E-state index in [1.54, 1.807) is 0 Å². The largest absolute Gasteiger partial charge is 0.354 e. The molecule has 1 aliphatic carbocycles. The van der Waals surface area contributed by atoms with Gasteiger partial charge in [-0.05, 0) is 35.7 Å². The zero-order valence-corrected chi connectivity index (χ0v) is 13.2. The number of hydrogen-bond donors (Lipinski definition) is 2. The Morgan fingerprint density at radius 1 is 0.913 bits per heavy atom. The molecule has 23 heavy (non-hydrogen) atoms. The molecule has 0 unspecified atom stereocenters. The topological polar surface area (TPSA) is 32.9 Å². The van der Waals surface area contributed by atoms with E-state index in [1.807, 2.05) is 42.5 Å². The van der Waals surface area contributed by atoms with Crippen LogP contribution in [0.25, 0.3) is 21.8 Å². The highest BCUT2D eigenvalue weighted by Crippen LogP contribution is 2.35. The first kappa shape index (κ1) is 13.0. The predicted molar refractivity (Wildman–Crippen MR) is 95.7 cm³/mol. The summed E-state index contributed by atoms with van der Waals surface area (Å²) in [5, 5.41) is 2.20. The van der Waals surface area contributed by atoms with Crippen LogP contribution in [0.3, 0.4) is 0 Å². The Bertz CT molecular complexity index is 1120. The Hall–Kier alpha value is -2.52. The minimum atomic E-state index is 0.116. The maximum atomic E-state index is 13.0. The van der Waals surface area contributed by atoms with E-state index in [2.05, 4.69) is 29.7 Å². The molecule has 0 saturated heterocycles. The third kappa shape index (κ3) is 1.74. The summed E-state index contributed by atoms with van der Waals surface area (Å²) in [6.45, 7) is 0. The minimum absolute atomic E-state index is 0.116. The van der Waals surface area contributed by atoms with Crippen molar-refractivity contribution in [3.8, 4) is 0 Å². The highest BCUT2D eigenvalue weighted by Gasteiger charge is 2.26. The number of carbonyl (C=O) groups excluding carboxylic acids is 1. The summed E-state index contributed by atoms with van der Waals surface area (Å²) >= 11 is 4.43. The molecular formula is C20H13NOS. The fraction of sp³-hybridized carbons (Fsp3) is 0.0500. The van der Waals surface area contributed by atoms with Gasteiger partial charge in [0.05, 0.1) is 11.1 Å². The van der Waals surface area contributed by atoms with E-state index in [-0.39, 0.29) is 5.78 Å². The number of ketones is 1. The molecule has 0 bridgehead atoms. The molecule has 0 saturated carbocycles. The number of carbonyl (C=O) groups is 1. The number of rotatable bonds is 0. The van der Waals surface area contributed by atoms with Gasteiger partial charge in [0, 0.05) is 26.7 Å². The lowest BCUT2D eigenvalue weighted by Crippen LogP contribution is -2.15. The number of fused-ring (bicyclic) bond motifs is 6. The van der Waals surface area contributed by atoms with Crippen LogP contribution >= 0.6 is 12.6 Å². The van der Waals surface area contributed by atoms with Crippen molar-refractivity contribution in [2.24, 2.45) is 0 Å². The van der Waals surface area contributed by atoms with Crippen molar-refractivity contribution < 1.29 is 4.79 Å². The normalized spacial score (nSPS) is 13.3. The fourth-order valence-electron chi connectivity index (χ4n) is 3.64. The Morgan fingerprint density at radius 2 is 1.78 bits per heavy atom. The van der Waals surface area contributed by atoms with Crippen LogP contribution in [-0.2, 0) is 6.42 Å². The second kappa shape index (κ2) is 4.49. The molecular weight excluding hydrogens is 302 g/mol. The first-order valence-electron chi connectivity index (χ1n) is 7.61. The minimum Gasteiger partial charge on any atom is -0.354 e. The zero-order valence-electron chi connectivity index (χ0n) is 12.3. The van der Waals surface area contributed by atoms with Crippen LogP contribution in [0.1, 0.15) is 27.0 Å². The number of hydrogen-bond acceptors (Lipinski definition) is 2. The van der Waals surface area contributed by atoms with Gasteiger partial charge in [-0.1, -0.05) is 36.4 Å². The second-order valence-corrected chi connectivity index (χ2v) is 6.56. The first-order valence-corrected chi connectivity index (χ1v) is 8.06. The maximum absolute atomic E-state index is 13.0. The van der Waals surface area contributed by atoms with Crippen molar-refractivity contribution in [2.75, 3.05) is 0 Å². The van der Waals surface area contributed by atoms with E-state index >= 15 is 0 Å². The summed E-state index contributed by atoms with van der Waals surface area (Å²) in [6.07, 6.45) is 0.806. The molecule has 110 valence electrons. The standard InChI is InChI=1S/C20H13NOS/c22-20-14-4-2-1-3-11(14)9-12-5-7-15-16-10-13(23)6-8-17(16)21-19(15)18(12)20/h1-8,10,21,23H,9H2.